The Balaban J connectivity index is 1.82. The Bertz CT molecular complexity index is 1680. The summed E-state index contributed by atoms with van der Waals surface area (Å²) in [5.74, 6) is -1.80. The number of nitrogens with one attached hydrogen (secondary N) is 1. The van der Waals surface area contributed by atoms with Crippen LogP contribution in [0.25, 0.3) is 0 Å². The van der Waals surface area contributed by atoms with E-state index in [9.17, 15) is 22.4 Å². The van der Waals surface area contributed by atoms with Gasteiger partial charge in [-0.05, 0) is 48.9 Å². The summed E-state index contributed by atoms with van der Waals surface area (Å²) in [6, 6.07) is 24.2. The maximum atomic E-state index is 14.9. The summed E-state index contributed by atoms with van der Waals surface area (Å²) in [4.78, 5) is 28.7. The fourth-order valence-electron chi connectivity index (χ4n) is 4.58. The predicted octanol–water partition coefficient (Wildman–Crippen LogP) is 6.02. The van der Waals surface area contributed by atoms with Gasteiger partial charge in [0.25, 0.3) is 10.0 Å². The van der Waals surface area contributed by atoms with Gasteiger partial charge in [0.15, 0.2) is 0 Å². The van der Waals surface area contributed by atoms with Crippen molar-refractivity contribution in [1.29, 1.82) is 0 Å². The number of benzene rings is 4. The van der Waals surface area contributed by atoms with E-state index in [0.29, 0.717) is 0 Å². The maximum Gasteiger partial charge on any atom is 0.264 e. The van der Waals surface area contributed by atoms with E-state index in [-0.39, 0.29) is 39.2 Å². The molecule has 1 N–H and O–H groups in total. The van der Waals surface area contributed by atoms with Gasteiger partial charge in [-0.1, -0.05) is 89.4 Å². The molecule has 1 atom stereocenters. The summed E-state index contributed by atoms with van der Waals surface area (Å²) in [6.07, 6.45) is 0.106. The molecule has 4 aromatic carbocycles. The third-order valence-electron chi connectivity index (χ3n) is 6.84. The number of amides is 2. The van der Waals surface area contributed by atoms with Crippen LogP contribution in [0.2, 0.25) is 10.0 Å². The van der Waals surface area contributed by atoms with Crippen molar-refractivity contribution in [1.82, 2.24) is 10.2 Å². The number of aryl methyl sites for hydroxylation is 1. The monoisotopic (exact) mass is 641 g/mol. The van der Waals surface area contributed by atoms with Crippen molar-refractivity contribution in [2.75, 3.05) is 17.9 Å². The first-order valence-electron chi connectivity index (χ1n) is 13.3. The normalized spacial score (nSPS) is 11.9. The van der Waals surface area contributed by atoms with Crippen LogP contribution >= 0.6 is 23.2 Å². The second-order valence-electron chi connectivity index (χ2n) is 9.89. The Morgan fingerprint density at radius 1 is 0.884 bits per heavy atom. The van der Waals surface area contributed by atoms with Crippen LogP contribution in [-0.4, -0.2) is 44.8 Å². The number of carbonyl (C=O) groups is 2. The lowest BCUT2D eigenvalue weighted by atomic mass is 10.0. The van der Waals surface area contributed by atoms with Crippen LogP contribution in [0.5, 0.6) is 0 Å². The van der Waals surface area contributed by atoms with Crippen LogP contribution < -0.4 is 9.62 Å². The van der Waals surface area contributed by atoms with Gasteiger partial charge < -0.3 is 10.2 Å². The van der Waals surface area contributed by atoms with E-state index in [1.54, 1.807) is 30.3 Å². The topological polar surface area (TPSA) is 86.8 Å². The molecule has 0 saturated heterocycles. The maximum absolute atomic E-state index is 14.9. The number of rotatable bonds is 11. The fourth-order valence-corrected chi connectivity index (χ4v) is 6.49. The Hall–Kier alpha value is -3.92. The van der Waals surface area contributed by atoms with Crippen molar-refractivity contribution in [3.8, 4) is 0 Å². The van der Waals surface area contributed by atoms with E-state index in [0.717, 1.165) is 15.4 Å². The first-order valence-corrected chi connectivity index (χ1v) is 15.5. The number of sulfonamides is 1. The third kappa shape index (κ3) is 7.93. The fraction of sp³-hybridized carbons (Fsp3) is 0.188. The second kappa shape index (κ2) is 14.0. The highest BCUT2D eigenvalue weighted by atomic mass is 35.5. The average Bonchev–Trinajstić information content (AvgIpc) is 2.98. The average molecular weight is 643 g/mol. The minimum absolute atomic E-state index is 0.0526. The smallest absolute Gasteiger partial charge is 0.264 e. The van der Waals surface area contributed by atoms with Crippen molar-refractivity contribution in [2.24, 2.45) is 0 Å². The Morgan fingerprint density at radius 2 is 1.49 bits per heavy atom. The van der Waals surface area contributed by atoms with E-state index in [2.05, 4.69) is 5.32 Å². The van der Waals surface area contributed by atoms with Gasteiger partial charge in [-0.25, -0.2) is 12.8 Å². The lowest BCUT2D eigenvalue weighted by Crippen LogP contribution is -2.53. The summed E-state index contributed by atoms with van der Waals surface area (Å²) in [5.41, 5.74) is 1.82. The van der Waals surface area contributed by atoms with Crippen LogP contribution in [0.4, 0.5) is 10.1 Å². The van der Waals surface area contributed by atoms with Gasteiger partial charge in [0, 0.05) is 35.6 Å². The molecule has 43 heavy (non-hydrogen) atoms. The summed E-state index contributed by atoms with van der Waals surface area (Å²) in [6.45, 7) is 0.815. The highest BCUT2D eigenvalue weighted by Crippen LogP contribution is 2.30. The molecule has 0 aliphatic rings. The Labute approximate surface area is 260 Å². The van der Waals surface area contributed by atoms with Crippen molar-refractivity contribution >= 4 is 50.7 Å². The predicted molar refractivity (Wildman–Crippen MR) is 167 cm³/mol. The van der Waals surface area contributed by atoms with Crippen LogP contribution in [0.3, 0.4) is 0 Å². The molecular formula is C32H30Cl2FN3O4S. The van der Waals surface area contributed by atoms with E-state index in [1.165, 1.54) is 60.5 Å². The molecule has 4 rings (SSSR count). The minimum Gasteiger partial charge on any atom is -0.357 e. The molecule has 0 aliphatic heterocycles. The van der Waals surface area contributed by atoms with E-state index in [1.807, 2.05) is 25.1 Å². The van der Waals surface area contributed by atoms with Crippen molar-refractivity contribution in [3.05, 3.63) is 130 Å². The first kappa shape index (κ1) is 32.0. The van der Waals surface area contributed by atoms with Crippen LogP contribution in [-0.2, 0) is 32.6 Å². The standard InChI is InChI=1S/C32H30Cl2FN3O4S/c1-22-12-14-28(15-13-22)43(41,42)38(27-18-25(33)17-26(34)19-27)21-31(39)37(20-24-10-6-7-11-29(24)35)30(32(40)36-2)16-23-8-4-3-5-9-23/h3-15,17-19,30H,16,20-21H2,1-2H3,(H,36,40)/t30-/m0/s1. The molecule has 0 aliphatic carbocycles. The molecule has 7 nitrogen and oxygen atoms in total. The third-order valence-corrected chi connectivity index (χ3v) is 9.06. The second-order valence-corrected chi connectivity index (χ2v) is 12.6. The first-order chi connectivity index (χ1) is 20.5. The van der Waals surface area contributed by atoms with E-state index < -0.39 is 40.2 Å². The van der Waals surface area contributed by atoms with Gasteiger partial charge >= 0.3 is 0 Å². The molecule has 0 heterocycles. The van der Waals surface area contributed by atoms with E-state index >= 15 is 0 Å². The lowest BCUT2D eigenvalue weighted by Gasteiger charge is -2.33. The van der Waals surface area contributed by atoms with Crippen LogP contribution in [0.1, 0.15) is 16.7 Å². The lowest BCUT2D eigenvalue weighted by molar-refractivity contribution is -0.139. The van der Waals surface area contributed by atoms with Gasteiger partial charge in [-0.2, -0.15) is 0 Å². The highest BCUT2D eigenvalue weighted by molar-refractivity contribution is 7.92. The molecule has 11 heteroatoms. The number of hydrogen-bond acceptors (Lipinski definition) is 4. The molecular weight excluding hydrogens is 612 g/mol. The van der Waals surface area contributed by atoms with Gasteiger partial charge in [-0.15, -0.1) is 0 Å². The number of likely N-dealkylation sites (N-methyl/N-ethyl adjacent to an activating group) is 1. The summed E-state index contributed by atoms with van der Waals surface area (Å²) < 4.78 is 43.8. The molecule has 0 aromatic heterocycles. The van der Waals surface area contributed by atoms with Gasteiger partial charge in [-0.3, -0.25) is 13.9 Å². The molecule has 2 amide bonds. The number of anilines is 1. The zero-order valence-electron chi connectivity index (χ0n) is 23.5. The van der Waals surface area contributed by atoms with E-state index in [4.69, 9.17) is 23.2 Å². The minimum atomic E-state index is -4.33. The summed E-state index contributed by atoms with van der Waals surface area (Å²) in [7, 11) is -2.89. The van der Waals surface area contributed by atoms with Crippen LogP contribution in [0.15, 0.2) is 102 Å². The van der Waals surface area contributed by atoms with Gasteiger partial charge in [0.05, 0.1) is 10.6 Å². The molecule has 0 unspecified atom stereocenters. The molecule has 0 bridgehead atoms. The number of hydrogen-bond donors (Lipinski definition) is 1. The molecule has 0 saturated carbocycles. The van der Waals surface area contributed by atoms with Gasteiger partial charge in [0.1, 0.15) is 18.4 Å². The quantitative estimate of drug-likeness (QED) is 0.217. The molecule has 4 aromatic rings. The summed E-state index contributed by atoms with van der Waals surface area (Å²) >= 11 is 12.5. The highest BCUT2D eigenvalue weighted by Gasteiger charge is 2.35. The van der Waals surface area contributed by atoms with Crippen molar-refractivity contribution in [2.45, 2.75) is 30.8 Å². The summed E-state index contributed by atoms with van der Waals surface area (Å²) in [5, 5.41) is 2.91. The molecule has 0 radical (unpaired) electrons. The molecule has 0 spiro atoms. The Kier molecular flexibility index (Phi) is 10.4. The largest absolute Gasteiger partial charge is 0.357 e. The Morgan fingerprint density at radius 3 is 2.09 bits per heavy atom. The molecule has 224 valence electrons. The van der Waals surface area contributed by atoms with Crippen molar-refractivity contribution in [3.63, 3.8) is 0 Å². The SMILES string of the molecule is CNC(=O)[C@H](Cc1ccccc1)N(Cc1ccccc1F)C(=O)CN(c1cc(Cl)cc(Cl)c1)S(=O)(=O)c1ccc(C)cc1. The zero-order chi connectivity index (χ0) is 31.1. The number of halogens is 3. The molecule has 0 fully saturated rings. The number of nitrogens with zero attached hydrogens (tertiary/aromatic N) is 2. The number of carbonyl (C=O) groups excluding carboxylic acids is 2. The van der Waals surface area contributed by atoms with Gasteiger partial charge in [0.2, 0.25) is 11.8 Å². The zero-order valence-corrected chi connectivity index (χ0v) is 25.8. The van der Waals surface area contributed by atoms with Crippen molar-refractivity contribution < 1.29 is 22.4 Å². The van der Waals surface area contributed by atoms with Crippen LogP contribution in [0, 0.1) is 12.7 Å².